The summed E-state index contributed by atoms with van der Waals surface area (Å²) in [4.78, 5) is 0. The van der Waals surface area contributed by atoms with Gasteiger partial charge in [0.15, 0.2) is 9.84 Å². The highest BCUT2D eigenvalue weighted by molar-refractivity contribution is 7.94. The van der Waals surface area contributed by atoms with Crippen LogP contribution in [0.1, 0.15) is 13.8 Å². The van der Waals surface area contributed by atoms with Gasteiger partial charge in [0.25, 0.3) is 0 Å². The molecule has 1 N–H and O–H groups in total. The van der Waals surface area contributed by atoms with Gasteiger partial charge in [-0.05, 0) is 6.92 Å². The van der Waals surface area contributed by atoms with Crippen LogP contribution < -0.4 is 5.32 Å². The Morgan fingerprint density at radius 2 is 2.10 bits per heavy atom. The third-order valence-electron chi connectivity index (χ3n) is 1.15. The summed E-state index contributed by atoms with van der Waals surface area (Å²) in [6.07, 6.45) is 0. The van der Waals surface area contributed by atoms with Crippen LogP contribution in [0, 0.1) is 0 Å². The zero-order chi connectivity index (χ0) is 8.20. The Morgan fingerprint density at radius 3 is 2.40 bits per heavy atom. The molecule has 0 heterocycles. The van der Waals surface area contributed by atoms with Crippen molar-refractivity contribution in [3.63, 3.8) is 0 Å². The molecule has 0 amide bonds. The first-order chi connectivity index (χ1) is 4.52. The summed E-state index contributed by atoms with van der Waals surface area (Å²) in [7, 11) is -1.26. The van der Waals surface area contributed by atoms with Crippen molar-refractivity contribution in [2.45, 2.75) is 13.8 Å². The van der Waals surface area contributed by atoms with Crippen LogP contribution in [0.5, 0.6) is 0 Å². The number of hydrogen-bond donors (Lipinski definition) is 1. The molecule has 0 saturated heterocycles. The van der Waals surface area contributed by atoms with E-state index < -0.39 is 9.84 Å². The van der Waals surface area contributed by atoms with Gasteiger partial charge in [0.05, 0.1) is 5.75 Å². The summed E-state index contributed by atoms with van der Waals surface area (Å²) in [5.74, 6) is 0.159. The van der Waals surface area contributed by atoms with Crippen molar-refractivity contribution in [3.8, 4) is 0 Å². The van der Waals surface area contributed by atoms with Gasteiger partial charge < -0.3 is 5.32 Å². The normalized spacial score (nSPS) is 13.3. The predicted octanol–water partition coefficient (Wildman–Crippen LogP) is 0.502. The lowest BCUT2D eigenvalue weighted by atomic mass is 10.6. The first-order valence-corrected chi connectivity index (χ1v) is 4.82. The van der Waals surface area contributed by atoms with Crippen LogP contribution in [0.4, 0.5) is 0 Å². The number of sulfone groups is 1. The van der Waals surface area contributed by atoms with Crippen LogP contribution in [0.2, 0.25) is 0 Å². The highest BCUT2D eigenvalue weighted by Crippen LogP contribution is 1.95. The molecule has 0 unspecified atom stereocenters. The molecule has 0 aromatic rings. The molecule has 0 bridgehead atoms. The molecule has 0 aliphatic rings. The van der Waals surface area contributed by atoms with Gasteiger partial charge >= 0.3 is 0 Å². The van der Waals surface area contributed by atoms with E-state index in [1.807, 2.05) is 0 Å². The van der Waals surface area contributed by atoms with E-state index in [-0.39, 0.29) is 5.75 Å². The highest BCUT2D eigenvalue weighted by Gasteiger charge is 2.01. The van der Waals surface area contributed by atoms with Crippen molar-refractivity contribution in [2.24, 2.45) is 0 Å². The van der Waals surface area contributed by atoms with Crippen LogP contribution >= 0.6 is 0 Å². The molecule has 0 aliphatic heterocycles. The van der Waals surface area contributed by atoms with Gasteiger partial charge in [0, 0.05) is 18.2 Å². The minimum absolute atomic E-state index is 0.159. The van der Waals surface area contributed by atoms with Crippen LogP contribution in [-0.4, -0.2) is 21.2 Å². The topological polar surface area (TPSA) is 46.2 Å². The maximum absolute atomic E-state index is 10.9. The zero-order valence-electron chi connectivity index (χ0n) is 6.51. The van der Waals surface area contributed by atoms with Gasteiger partial charge in [0.1, 0.15) is 0 Å². The van der Waals surface area contributed by atoms with Gasteiger partial charge in [-0.25, -0.2) is 8.42 Å². The standard InChI is InChI=1S/C6H13NO2S/c1-4-10(8,9)5-6(2)7-3/h5,7H,4H2,1-3H3. The molecule has 0 radical (unpaired) electrons. The molecule has 3 nitrogen and oxygen atoms in total. The van der Waals surface area contributed by atoms with Gasteiger partial charge in [-0.2, -0.15) is 0 Å². The molecule has 0 aliphatic carbocycles. The summed E-state index contributed by atoms with van der Waals surface area (Å²) in [6.45, 7) is 3.34. The summed E-state index contributed by atoms with van der Waals surface area (Å²) < 4.78 is 21.7. The fraction of sp³-hybridized carbons (Fsp3) is 0.667. The minimum atomic E-state index is -2.96. The van der Waals surface area contributed by atoms with E-state index in [4.69, 9.17) is 0 Å². The summed E-state index contributed by atoms with van der Waals surface area (Å²) in [5.41, 5.74) is 0.668. The number of hydrogen-bond acceptors (Lipinski definition) is 3. The van der Waals surface area contributed by atoms with Crippen molar-refractivity contribution < 1.29 is 8.42 Å². The van der Waals surface area contributed by atoms with E-state index in [1.165, 1.54) is 5.41 Å². The molecule has 0 rings (SSSR count). The monoisotopic (exact) mass is 163 g/mol. The Morgan fingerprint density at radius 1 is 1.60 bits per heavy atom. The summed E-state index contributed by atoms with van der Waals surface area (Å²) >= 11 is 0. The average Bonchev–Trinajstić information content (AvgIpc) is 1.87. The molecule has 0 aromatic heterocycles. The fourth-order valence-corrected chi connectivity index (χ4v) is 1.23. The number of allylic oxidation sites excluding steroid dienone is 1. The van der Waals surface area contributed by atoms with E-state index in [0.29, 0.717) is 5.70 Å². The van der Waals surface area contributed by atoms with Crippen molar-refractivity contribution in [2.75, 3.05) is 12.8 Å². The molecular weight excluding hydrogens is 150 g/mol. The van der Waals surface area contributed by atoms with Gasteiger partial charge in [-0.1, -0.05) is 6.92 Å². The molecule has 0 aromatic carbocycles. The van der Waals surface area contributed by atoms with Crippen molar-refractivity contribution >= 4 is 9.84 Å². The first kappa shape index (κ1) is 9.49. The second kappa shape index (κ2) is 3.61. The molecule has 0 atom stereocenters. The van der Waals surface area contributed by atoms with E-state index in [9.17, 15) is 8.42 Å². The quantitative estimate of drug-likeness (QED) is 0.659. The molecule has 10 heavy (non-hydrogen) atoms. The predicted molar refractivity (Wildman–Crippen MR) is 42.3 cm³/mol. The second-order valence-electron chi connectivity index (χ2n) is 2.00. The number of nitrogens with one attached hydrogen (secondary N) is 1. The largest absolute Gasteiger partial charge is 0.391 e. The summed E-state index contributed by atoms with van der Waals surface area (Å²) in [5, 5.41) is 3.98. The smallest absolute Gasteiger partial charge is 0.173 e. The van der Waals surface area contributed by atoms with E-state index >= 15 is 0 Å². The third kappa shape index (κ3) is 3.50. The average molecular weight is 163 g/mol. The maximum atomic E-state index is 10.9. The second-order valence-corrected chi connectivity index (χ2v) is 4.14. The lowest BCUT2D eigenvalue weighted by molar-refractivity contribution is 0.605. The Hall–Kier alpha value is -0.510. The Kier molecular flexibility index (Phi) is 3.42. The Labute approximate surface area is 62.0 Å². The van der Waals surface area contributed by atoms with Crippen molar-refractivity contribution in [1.82, 2.24) is 5.32 Å². The molecule has 0 spiro atoms. The molecule has 60 valence electrons. The third-order valence-corrected chi connectivity index (χ3v) is 2.67. The Bertz CT molecular complexity index is 216. The first-order valence-electron chi connectivity index (χ1n) is 3.10. The number of rotatable bonds is 3. The molecule has 4 heteroatoms. The van der Waals surface area contributed by atoms with Crippen LogP contribution in [-0.2, 0) is 9.84 Å². The van der Waals surface area contributed by atoms with Gasteiger partial charge in [0.2, 0.25) is 0 Å². The fourth-order valence-electron chi connectivity index (χ4n) is 0.412. The summed E-state index contributed by atoms with van der Waals surface area (Å²) in [6, 6.07) is 0. The molecule has 0 fully saturated rings. The van der Waals surface area contributed by atoms with Gasteiger partial charge in [-0.15, -0.1) is 0 Å². The van der Waals surface area contributed by atoms with E-state index in [2.05, 4.69) is 5.32 Å². The maximum Gasteiger partial charge on any atom is 0.173 e. The van der Waals surface area contributed by atoms with Crippen LogP contribution in [0.3, 0.4) is 0 Å². The Balaban J connectivity index is 4.41. The lowest BCUT2D eigenvalue weighted by Crippen LogP contribution is -2.06. The lowest BCUT2D eigenvalue weighted by Gasteiger charge is -1.97. The van der Waals surface area contributed by atoms with Crippen LogP contribution in [0.25, 0.3) is 0 Å². The zero-order valence-corrected chi connectivity index (χ0v) is 7.33. The van der Waals surface area contributed by atoms with Gasteiger partial charge in [-0.3, -0.25) is 0 Å². The van der Waals surface area contributed by atoms with E-state index in [1.54, 1.807) is 20.9 Å². The van der Waals surface area contributed by atoms with E-state index in [0.717, 1.165) is 0 Å². The van der Waals surface area contributed by atoms with Crippen LogP contribution in [0.15, 0.2) is 11.1 Å². The van der Waals surface area contributed by atoms with Crippen molar-refractivity contribution in [1.29, 1.82) is 0 Å². The molecular formula is C6H13NO2S. The SMILES string of the molecule is CCS(=O)(=O)C=C(C)NC. The van der Waals surface area contributed by atoms with Crippen molar-refractivity contribution in [3.05, 3.63) is 11.1 Å². The minimum Gasteiger partial charge on any atom is -0.391 e. The highest BCUT2D eigenvalue weighted by atomic mass is 32.2. The molecule has 0 saturated carbocycles.